The number of benzene rings is 2. The first kappa shape index (κ1) is 30.9. The summed E-state index contributed by atoms with van der Waals surface area (Å²) in [4.78, 5) is 28.3. The number of sulfonamides is 1. The summed E-state index contributed by atoms with van der Waals surface area (Å²) in [5.74, 6) is 0.119. The lowest BCUT2D eigenvalue weighted by molar-refractivity contribution is -0.141. The highest BCUT2D eigenvalue weighted by Crippen LogP contribution is 2.30. The average Bonchev–Trinajstić information content (AvgIpc) is 2.91. The molecule has 0 radical (unpaired) electrons. The smallest absolute Gasteiger partial charge is 0.242 e. The Hall–Kier alpha value is -2.59. The first-order valence-corrected chi connectivity index (χ1v) is 16.3. The van der Waals surface area contributed by atoms with E-state index in [4.69, 9.17) is 4.74 Å². The van der Waals surface area contributed by atoms with E-state index in [1.54, 1.807) is 36.1 Å². The summed E-state index contributed by atoms with van der Waals surface area (Å²) in [6.07, 6.45) is 6.85. The minimum atomic E-state index is -3.62. The Bertz CT molecular complexity index is 1200. The Morgan fingerprint density at radius 2 is 1.74 bits per heavy atom. The number of nitrogens with zero attached hydrogens (tertiary/aromatic N) is 2. The van der Waals surface area contributed by atoms with Crippen molar-refractivity contribution in [2.75, 3.05) is 23.7 Å². The molecule has 8 nitrogen and oxygen atoms in total. The van der Waals surface area contributed by atoms with Crippen molar-refractivity contribution in [2.45, 2.75) is 77.4 Å². The molecule has 1 aliphatic carbocycles. The molecular weight excluding hydrogens is 582 g/mol. The number of halogens is 1. The summed E-state index contributed by atoms with van der Waals surface area (Å²) in [7, 11) is -3.62. The van der Waals surface area contributed by atoms with Gasteiger partial charge >= 0.3 is 0 Å². The molecule has 1 N–H and O–H groups in total. The Morgan fingerprint density at radius 1 is 1.08 bits per heavy atom. The van der Waals surface area contributed by atoms with Crippen molar-refractivity contribution in [3.05, 3.63) is 58.6 Å². The fraction of sp³-hybridized carbons (Fsp3) is 0.517. The van der Waals surface area contributed by atoms with Crippen LogP contribution in [0.3, 0.4) is 0 Å². The maximum absolute atomic E-state index is 13.5. The summed E-state index contributed by atoms with van der Waals surface area (Å²) in [6, 6.07) is 14.1. The van der Waals surface area contributed by atoms with Crippen LogP contribution in [0.15, 0.2) is 53.0 Å². The van der Waals surface area contributed by atoms with Crippen LogP contribution in [0.2, 0.25) is 0 Å². The second kappa shape index (κ2) is 14.7. The van der Waals surface area contributed by atoms with Gasteiger partial charge in [0.15, 0.2) is 0 Å². The van der Waals surface area contributed by atoms with Gasteiger partial charge in [-0.1, -0.05) is 59.5 Å². The summed E-state index contributed by atoms with van der Waals surface area (Å²) >= 11 is 3.44. The number of anilines is 1. The molecule has 1 aliphatic rings. The molecular formula is C29H40BrN3O5S. The number of amides is 2. The van der Waals surface area contributed by atoms with Crippen molar-refractivity contribution in [1.82, 2.24) is 10.2 Å². The maximum Gasteiger partial charge on any atom is 0.242 e. The van der Waals surface area contributed by atoms with Crippen LogP contribution in [0.25, 0.3) is 0 Å². The highest BCUT2D eigenvalue weighted by Gasteiger charge is 2.28. The lowest BCUT2D eigenvalue weighted by atomic mass is 9.95. The number of nitrogens with one attached hydrogen (secondary N) is 1. The zero-order valence-corrected chi connectivity index (χ0v) is 25.5. The topological polar surface area (TPSA) is 96.0 Å². The van der Waals surface area contributed by atoms with E-state index in [0.29, 0.717) is 24.5 Å². The number of rotatable bonds is 13. The van der Waals surface area contributed by atoms with Crippen molar-refractivity contribution in [1.29, 1.82) is 0 Å². The number of carbonyl (C=O) groups excluding carboxylic acids is 2. The third-order valence-corrected chi connectivity index (χ3v) is 8.68. The van der Waals surface area contributed by atoms with Crippen LogP contribution in [-0.2, 0) is 26.2 Å². The van der Waals surface area contributed by atoms with Gasteiger partial charge in [0, 0.05) is 30.0 Å². The minimum Gasteiger partial charge on any atom is -0.492 e. The molecule has 0 saturated heterocycles. The molecule has 214 valence electrons. The zero-order valence-electron chi connectivity index (χ0n) is 23.1. The summed E-state index contributed by atoms with van der Waals surface area (Å²) in [5.41, 5.74) is 1.36. The molecule has 1 saturated carbocycles. The average molecular weight is 623 g/mol. The summed E-state index contributed by atoms with van der Waals surface area (Å²) in [5, 5.41) is 3.14. The predicted octanol–water partition coefficient (Wildman–Crippen LogP) is 5.26. The van der Waals surface area contributed by atoms with Crippen molar-refractivity contribution in [3.63, 3.8) is 0 Å². The second-order valence-corrected chi connectivity index (χ2v) is 12.8. The Kier molecular flexibility index (Phi) is 11.7. The van der Waals surface area contributed by atoms with E-state index in [0.717, 1.165) is 42.0 Å². The van der Waals surface area contributed by atoms with E-state index in [1.807, 2.05) is 31.2 Å². The van der Waals surface area contributed by atoms with Gasteiger partial charge in [0.2, 0.25) is 21.8 Å². The van der Waals surface area contributed by atoms with E-state index in [1.165, 1.54) is 10.7 Å². The third-order valence-electron chi connectivity index (χ3n) is 6.97. The number of para-hydroxylation sites is 2. The van der Waals surface area contributed by atoms with Gasteiger partial charge < -0.3 is 15.0 Å². The molecule has 1 atom stereocenters. The number of hydrogen-bond acceptors (Lipinski definition) is 5. The van der Waals surface area contributed by atoms with Crippen molar-refractivity contribution in [3.8, 4) is 5.75 Å². The van der Waals surface area contributed by atoms with Gasteiger partial charge in [-0.25, -0.2) is 8.42 Å². The number of hydrogen-bond donors (Lipinski definition) is 1. The fourth-order valence-corrected chi connectivity index (χ4v) is 6.09. The van der Waals surface area contributed by atoms with Crippen LogP contribution in [0.4, 0.5) is 5.69 Å². The largest absolute Gasteiger partial charge is 0.492 e. The van der Waals surface area contributed by atoms with Gasteiger partial charge in [0.25, 0.3) is 0 Å². The molecule has 2 aromatic rings. The molecule has 1 fully saturated rings. The molecule has 39 heavy (non-hydrogen) atoms. The summed E-state index contributed by atoms with van der Waals surface area (Å²) in [6.45, 7) is 4.40. The van der Waals surface area contributed by atoms with Gasteiger partial charge in [-0.05, 0) is 62.9 Å². The van der Waals surface area contributed by atoms with E-state index < -0.39 is 16.1 Å². The Labute approximate surface area is 241 Å². The highest BCUT2D eigenvalue weighted by atomic mass is 79.9. The third kappa shape index (κ3) is 9.24. The molecule has 2 aromatic carbocycles. The van der Waals surface area contributed by atoms with Gasteiger partial charge in [0.05, 0.1) is 18.6 Å². The van der Waals surface area contributed by atoms with Crippen LogP contribution in [0.1, 0.15) is 64.4 Å². The molecule has 3 rings (SSSR count). The standard InChI is InChI=1S/C29H40BrN3O5S/c1-4-38-27-14-9-8-13-26(27)33(39(3,36)37)20-10-15-28(34)32(21-23-16-18-24(30)19-17-23)22(2)29(35)31-25-11-6-5-7-12-25/h8-9,13-14,16-19,22,25H,4-7,10-12,15,20-21H2,1-3H3,(H,31,35)/t22-/m1/s1. The highest BCUT2D eigenvalue weighted by molar-refractivity contribution is 9.10. The lowest BCUT2D eigenvalue weighted by Crippen LogP contribution is -2.50. The normalized spacial score (nSPS) is 14.9. The van der Waals surface area contributed by atoms with Crippen LogP contribution in [0.5, 0.6) is 5.75 Å². The van der Waals surface area contributed by atoms with Crippen molar-refractivity contribution < 1.29 is 22.7 Å². The van der Waals surface area contributed by atoms with Crippen LogP contribution in [0, 0.1) is 0 Å². The molecule has 2 amide bonds. The molecule has 0 aliphatic heterocycles. The van der Waals surface area contributed by atoms with E-state index in [-0.39, 0.29) is 37.4 Å². The fourth-order valence-electron chi connectivity index (χ4n) is 4.86. The molecule has 10 heteroatoms. The minimum absolute atomic E-state index is 0.0976. The first-order chi connectivity index (χ1) is 18.6. The van der Waals surface area contributed by atoms with E-state index >= 15 is 0 Å². The molecule has 0 spiro atoms. The van der Waals surface area contributed by atoms with Gasteiger partial charge in [-0.15, -0.1) is 0 Å². The number of ether oxygens (including phenoxy) is 1. The van der Waals surface area contributed by atoms with Crippen LogP contribution < -0.4 is 14.4 Å². The Morgan fingerprint density at radius 3 is 2.38 bits per heavy atom. The summed E-state index contributed by atoms with van der Waals surface area (Å²) < 4.78 is 33.2. The molecule has 0 unspecified atom stereocenters. The van der Waals surface area contributed by atoms with Crippen LogP contribution in [-0.4, -0.2) is 56.6 Å². The van der Waals surface area contributed by atoms with Crippen molar-refractivity contribution >= 4 is 43.5 Å². The second-order valence-electron chi connectivity index (χ2n) is 10.0. The monoisotopic (exact) mass is 621 g/mol. The van der Waals surface area contributed by atoms with Gasteiger partial charge in [-0.2, -0.15) is 0 Å². The SMILES string of the molecule is CCOc1ccccc1N(CCCC(=O)N(Cc1ccc(Br)cc1)[C@H](C)C(=O)NC1CCCCC1)S(C)(=O)=O. The predicted molar refractivity (Wildman–Crippen MR) is 158 cm³/mol. The Balaban J connectivity index is 1.73. The quantitative estimate of drug-likeness (QED) is 0.329. The first-order valence-electron chi connectivity index (χ1n) is 13.6. The lowest BCUT2D eigenvalue weighted by Gasteiger charge is -2.31. The van der Waals surface area contributed by atoms with Crippen molar-refractivity contribution in [2.24, 2.45) is 0 Å². The van der Waals surface area contributed by atoms with Crippen LogP contribution >= 0.6 is 15.9 Å². The zero-order chi connectivity index (χ0) is 28.4. The van der Waals surface area contributed by atoms with E-state index in [2.05, 4.69) is 21.2 Å². The van der Waals surface area contributed by atoms with Gasteiger partial charge in [-0.3, -0.25) is 13.9 Å². The maximum atomic E-state index is 13.5. The molecule has 0 bridgehead atoms. The van der Waals surface area contributed by atoms with Gasteiger partial charge in [0.1, 0.15) is 11.8 Å². The molecule has 0 heterocycles. The van der Waals surface area contributed by atoms with E-state index in [9.17, 15) is 18.0 Å². The number of carbonyl (C=O) groups is 2. The molecule has 0 aromatic heterocycles.